The molecule has 1 N–H and O–H groups in total. The van der Waals surface area contributed by atoms with Crippen LogP contribution in [0.25, 0.3) is 0 Å². The molecule has 0 bridgehead atoms. The third-order valence-electron chi connectivity index (χ3n) is 3.51. The maximum Gasteiger partial charge on any atom is 0.387 e. The van der Waals surface area contributed by atoms with Crippen LogP contribution in [-0.2, 0) is 6.54 Å². The van der Waals surface area contributed by atoms with Gasteiger partial charge >= 0.3 is 6.61 Å². The highest BCUT2D eigenvalue weighted by molar-refractivity contribution is 5.95. The number of rotatable bonds is 8. The van der Waals surface area contributed by atoms with Crippen LogP contribution in [0.2, 0.25) is 0 Å². The third-order valence-corrected chi connectivity index (χ3v) is 3.51. The minimum atomic E-state index is -2.95. The summed E-state index contributed by atoms with van der Waals surface area (Å²) in [6, 6.07) is 9.26. The lowest BCUT2D eigenvalue weighted by Crippen LogP contribution is -2.22. The number of amides is 1. The second kappa shape index (κ2) is 8.89. The lowest BCUT2D eigenvalue weighted by atomic mass is 10.1. The van der Waals surface area contributed by atoms with Crippen LogP contribution in [-0.4, -0.2) is 33.8 Å². The van der Waals surface area contributed by atoms with E-state index < -0.39 is 6.61 Å². The van der Waals surface area contributed by atoms with Gasteiger partial charge in [-0.2, -0.15) is 8.78 Å². The van der Waals surface area contributed by atoms with Crippen molar-refractivity contribution in [2.45, 2.75) is 13.2 Å². The second-order valence-corrected chi connectivity index (χ2v) is 5.15. The first kappa shape index (κ1) is 19.3. The first-order valence-corrected chi connectivity index (χ1v) is 7.59. The van der Waals surface area contributed by atoms with E-state index in [1.54, 1.807) is 24.3 Å². The topological polar surface area (TPSA) is 66.0 Å². The molecule has 8 heteroatoms. The molecular weight excluding hydrogens is 348 g/mol. The minimum Gasteiger partial charge on any atom is -0.497 e. The number of carbonyl (C=O) groups excluding carboxylic acids is 1. The molecule has 0 saturated heterocycles. The summed E-state index contributed by atoms with van der Waals surface area (Å²) in [6.07, 6.45) is 0. The van der Waals surface area contributed by atoms with Gasteiger partial charge in [-0.25, -0.2) is 0 Å². The molecule has 0 aliphatic heterocycles. The Hall–Kier alpha value is -3.03. The first-order chi connectivity index (χ1) is 12.5. The normalized spacial score (nSPS) is 10.4. The minimum absolute atomic E-state index is 0.0740. The van der Waals surface area contributed by atoms with Crippen LogP contribution < -0.4 is 24.3 Å². The number of carbonyl (C=O) groups is 1. The molecule has 0 aliphatic rings. The SMILES string of the molecule is COc1cc(OC)cc(C(=O)NCc2ccc(OC(F)F)c(OC)c2)c1. The molecule has 2 aromatic rings. The summed E-state index contributed by atoms with van der Waals surface area (Å²) < 4.78 is 44.4. The third kappa shape index (κ3) is 4.98. The summed E-state index contributed by atoms with van der Waals surface area (Å²) in [7, 11) is 4.33. The average molecular weight is 367 g/mol. The number of ether oxygens (including phenoxy) is 4. The predicted octanol–water partition coefficient (Wildman–Crippen LogP) is 3.24. The van der Waals surface area contributed by atoms with E-state index in [0.29, 0.717) is 22.6 Å². The Morgan fingerprint density at radius 2 is 1.62 bits per heavy atom. The maximum atomic E-state index is 12.3. The van der Waals surface area contributed by atoms with Gasteiger partial charge in [0.25, 0.3) is 5.91 Å². The molecule has 0 fully saturated rings. The van der Waals surface area contributed by atoms with Crippen molar-refractivity contribution in [3.05, 3.63) is 47.5 Å². The fraction of sp³-hybridized carbons (Fsp3) is 0.278. The summed E-state index contributed by atoms with van der Waals surface area (Å²) in [5.74, 6) is 0.721. The average Bonchev–Trinajstić information content (AvgIpc) is 2.65. The monoisotopic (exact) mass is 367 g/mol. The predicted molar refractivity (Wildman–Crippen MR) is 90.3 cm³/mol. The molecule has 140 valence electrons. The Kier molecular flexibility index (Phi) is 6.60. The molecule has 0 saturated carbocycles. The standard InChI is InChI=1S/C18H19F2NO5/c1-23-13-7-12(8-14(9-13)24-2)17(22)21-10-11-4-5-15(26-18(19)20)16(6-11)25-3/h4-9,18H,10H2,1-3H3,(H,21,22). The highest BCUT2D eigenvalue weighted by atomic mass is 19.3. The van der Waals surface area contributed by atoms with Crippen molar-refractivity contribution < 1.29 is 32.5 Å². The van der Waals surface area contributed by atoms with Crippen molar-refractivity contribution in [1.29, 1.82) is 0 Å². The van der Waals surface area contributed by atoms with Gasteiger partial charge in [-0.3, -0.25) is 4.79 Å². The number of hydrogen-bond donors (Lipinski definition) is 1. The molecule has 0 unspecified atom stereocenters. The molecule has 1 amide bonds. The molecule has 0 spiro atoms. The zero-order valence-electron chi connectivity index (χ0n) is 14.5. The highest BCUT2D eigenvalue weighted by Crippen LogP contribution is 2.29. The second-order valence-electron chi connectivity index (χ2n) is 5.15. The zero-order chi connectivity index (χ0) is 19.1. The Balaban J connectivity index is 2.09. The van der Waals surface area contributed by atoms with Gasteiger partial charge in [0.05, 0.1) is 21.3 Å². The summed E-state index contributed by atoms with van der Waals surface area (Å²) in [5.41, 5.74) is 1.03. The van der Waals surface area contributed by atoms with Gasteiger partial charge in [0.2, 0.25) is 0 Å². The van der Waals surface area contributed by atoms with Crippen LogP contribution in [0.4, 0.5) is 8.78 Å². The fourth-order valence-corrected chi connectivity index (χ4v) is 2.24. The molecule has 2 aromatic carbocycles. The summed E-state index contributed by atoms with van der Waals surface area (Å²) >= 11 is 0. The number of methoxy groups -OCH3 is 3. The molecule has 0 aliphatic carbocycles. The van der Waals surface area contributed by atoms with Crippen molar-refractivity contribution in [2.24, 2.45) is 0 Å². The van der Waals surface area contributed by atoms with Crippen molar-refractivity contribution in [2.75, 3.05) is 21.3 Å². The molecule has 6 nitrogen and oxygen atoms in total. The lowest BCUT2D eigenvalue weighted by molar-refractivity contribution is -0.0512. The first-order valence-electron chi connectivity index (χ1n) is 7.59. The highest BCUT2D eigenvalue weighted by Gasteiger charge is 2.13. The van der Waals surface area contributed by atoms with E-state index >= 15 is 0 Å². The van der Waals surface area contributed by atoms with E-state index in [0.717, 1.165) is 0 Å². The number of hydrogen-bond acceptors (Lipinski definition) is 5. The molecule has 2 rings (SSSR count). The molecular formula is C18H19F2NO5. The number of benzene rings is 2. The van der Waals surface area contributed by atoms with Gasteiger partial charge in [-0.05, 0) is 29.8 Å². The van der Waals surface area contributed by atoms with Gasteiger partial charge in [0.15, 0.2) is 11.5 Å². The van der Waals surface area contributed by atoms with Gasteiger partial charge in [0, 0.05) is 18.2 Å². The van der Waals surface area contributed by atoms with E-state index in [2.05, 4.69) is 10.1 Å². The molecule has 0 radical (unpaired) electrons. The van der Waals surface area contributed by atoms with Gasteiger partial charge in [-0.1, -0.05) is 6.07 Å². The molecule has 26 heavy (non-hydrogen) atoms. The maximum absolute atomic E-state index is 12.3. The Labute approximate surface area is 149 Å². The number of halogens is 2. The van der Waals surface area contributed by atoms with Crippen molar-refractivity contribution in [3.63, 3.8) is 0 Å². The lowest BCUT2D eigenvalue weighted by Gasteiger charge is -2.12. The van der Waals surface area contributed by atoms with Gasteiger partial charge in [0.1, 0.15) is 11.5 Å². The largest absolute Gasteiger partial charge is 0.497 e. The van der Waals surface area contributed by atoms with Crippen LogP contribution in [0, 0.1) is 0 Å². The van der Waals surface area contributed by atoms with E-state index in [1.165, 1.54) is 33.5 Å². The smallest absolute Gasteiger partial charge is 0.387 e. The van der Waals surface area contributed by atoms with Crippen LogP contribution in [0.5, 0.6) is 23.0 Å². The van der Waals surface area contributed by atoms with Crippen molar-refractivity contribution in [1.82, 2.24) is 5.32 Å². The quantitative estimate of drug-likeness (QED) is 0.776. The summed E-state index contributed by atoms with van der Waals surface area (Å²) in [4.78, 5) is 12.3. The summed E-state index contributed by atoms with van der Waals surface area (Å²) in [5, 5.41) is 2.73. The Morgan fingerprint density at radius 3 is 2.15 bits per heavy atom. The Bertz CT molecular complexity index is 745. The fourth-order valence-electron chi connectivity index (χ4n) is 2.24. The van der Waals surface area contributed by atoms with Crippen LogP contribution in [0.15, 0.2) is 36.4 Å². The molecule has 0 atom stereocenters. The summed E-state index contributed by atoms with van der Waals surface area (Å²) in [6.45, 7) is -2.78. The Morgan fingerprint density at radius 1 is 0.962 bits per heavy atom. The van der Waals surface area contributed by atoms with E-state index in [9.17, 15) is 13.6 Å². The van der Waals surface area contributed by atoms with E-state index in [4.69, 9.17) is 14.2 Å². The van der Waals surface area contributed by atoms with E-state index in [1.807, 2.05) is 0 Å². The zero-order valence-corrected chi connectivity index (χ0v) is 14.5. The number of alkyl halides is 2. The van der Waals surface area contributed by atoms with Crippen LogP contribution in [0.3, 0.4) is 0 Å². The van der Waals surface area contributed by atoms with Crippen molar-refractivity contribution in [3.8, 4) is 23.0 Å². The van der Waals surface area contributed by atoms with Gasteiger partial charge in [-0.15, -0.1) is 0 Å². The van der Waals surface area contributed by atoms with Crippen LogP contribution in [0.1, 0.15) is 15.9 Å². The van der Waals surface area contributed by atoms with Crippen molar-refractivity contribution >= 4 is 5.91 Å². The molecule has 0 aromatic heterocycles. The van der Waals surface area contributed by atoms with E-state index in [-0.39, 0.29) is 24.0 Å². The van der Waals surface area contributed by atoms with Crippen LogP contribution >= 0.6 is 0 Å². The van der Waals surface area contributed by atoms with Gasteiger partial charge < -0.3 is 24.3 Å². The molecule has 0 heterocycles. The number of nitrogens with one attached hydrogen (secondary N) is 1.